The van der Waals surface area contributed by atoms with Crippen molar-refractivity contribution in [1.82, 2.24) is 29.4 Å². The lowest BCUT2D eigenvalue weighted by atomic mass is 9.83. The molecular formula is C25H38F2N6O2. The Morgan fingerprint density at radius 2 is 1.91 bits per heavy atom. The first kappa shape index (κ1) is 28.3. The van der Waals surface area contributed by atoms with E-state index in [-0.39, 0.29) is 17.4 Å². The van der Waals surface area contributed by atoms with Gasteiger partial charge in [-0.05, 0) is 18.4 Å². The summed E-state index contributed by atoms with van der Waals surface area (Å²) in [5.74, 6) is 1.58. The van der Waals surface area contributed by atoms with Crippen LogP contribution in [-0.4, -0.2) is 42.3 Å². The van der Waals surface area contributed by atoms with Gasteiger partial charge in [0.1, 0.15) is 24.3 Å². The van der Waals surface area contributed by atoms with Crippen LogP contribution in [0.3, 0.4) is 0 Å². The molecule has 3 aromatic rings. The van der Waals surface area contributed by atoms with Gasteiger partial charge in [0.2, 0.25) is 5.88 Å². The minimum Gasteiger partial charge on any atom is -0.476 e. The first-order chi connectivity index (χ1) is 17.0. The van der Waals surface area contributed by atoms with Crippen molar-refractivity contribution in [3.63, 3.8) is 0 Å². The molecular weight excluding hydrogens is 454 g/mol. The molecule has 0 aliphatic carbocycles. The topological polar surface area (TPSA) is 87.2 Å². The number of aromatic nitrogens is 6. The third kappa shape index (κ3) is 7.53. The van der Waals surface area contributed by atoms with Crippen LogP contribution in [0.25, 0.3) is 5.78 Å². The van der Waals surface area contributed by atoms with E-state index in [9.17, 15) is 13.6 Å². The highest BCUT2D eigenvalue weighted by Gasteiger charge is 2.24. The number of hydrogen-bond acceptors (Lipinski definition) is 6. The normalized spacial score (nSPS) is 13.8. The van der Waals surface area contributed by atoms with E-state index in [2.05, 4.69) is 40.9 Å². The monoisotopic (exact) mass is 492 g/mol. The Hall–Kier alpha value is -2.91. The molecule has 0 N–H and O–H groups in total. The first-order valence-electron chi connectivity index (χ1n) is 12.6. The number of aldehydes is 1. The maximum atomic E-state index is 13.2. The van der Waals surface area contributed by atoms with Crippen LogP contribution in [-0.2, 0) is 6.54 Å². The molecule has 0 fully saturated rings. The van der Waals surface area contributed by atoms with Gasteiger partial charge in [0, 0.05) is 12.0 Å². The van der Waals surface area contributed by atoms with Crippen molar-refractivity contribution < 1.29 is 18.3 Å². The highest BCUT2D eigenvalue weighted by molar-refractivity contribution is 5.72. The predicted octanol–water partition coefficient (Wildman–Crippen LogP) is 6.28. The van der Waals surface area contributed by atoms with Crippen molar-refractivity contribution >= 4 is 12.1 Å². The lowest BCUT2D eigenvalue weighted by molar-refractivity contribution is 0.111. The molecule has 10 heteroatoms. The maximum absolute atomic E-state index is 13.2. The fourth-order valence-corrected chi connectivity index (χ4v) is 4.21. The quantitative estimate of drug-likeness (QED) is 0.245. The summed E-state index contributed by atoms with van der Waals surface area (Å²) in [7, 11) is 0. The van der Waals surface area contributed by atoms with Crippen LogP contribution in [0.4, 0.5) is 8.78 Å². The SMILES string of the molecule is CC.CCCCCC(c1cc(C(F)F)nc2ncnn12)C(C)CCC.O=Cc1cc2n(n1)CCO2. The molecule has 0 amide bonds. The van der Waals surface area contributed by atoms with Gasteiger partial charge in [-0.2, -0.15) is 15.2 Å². The Bertz CT molecular complexity index is 1010. The van der Waals surface area contributed by atoms with E-state index < -0.39 is 6.43 Å². The second-order valence-corrected chi connectivity index (χ2v) is 8.34. The molecule has 3 aromatic heterocycles. The summed E-state index contributed by atoms with van der Waals surface area (Å²) in [6.45, 7) is 11.9. The summed E-state index contributed by atoms with van der Waals surface area (Å²) in [5.41, 5.74) is 1.05. The lowest BCUT2D eigenvalue weighted by Gasteiger charge is -2.25. The van der Waals surface area contributed by atoms with Crippen LogP contribution in [0.15, 0.2) is 18.5 Å². The number of halogens is 2. The molecule has 2 unspecified atom stereocenters. The van der Waals surface area contributed by atoms with E-state index in [1.807, 2.05) is 13.8 Å². The average molecular weight is 493 g/mol. The summed E-state index contributed by atoms with van der Waals surface area (Å²) in [6.07, 6.45) is 6.04. The van der Waals surface area contributed by atoms with E-state index in [1.165, 1.54) is 12.4 Å². The van der Waals surface area contributed by atoms with Crippen molar-refractivity contribution in [2.75, 3.05) is 6.61 Å². The molecule has 0 aromatic carbocycles. The van der Waals surface area contributed by atoms with Crippen LogP contribution in [0.2, 0.25) is 0 Å². The second-order valence-electron chi connectivity index (χ2n) is 8.34. The van der Waals surface area contributed by atoms with Crippen LogP contribution in [0.1, 0.15) is 107 Å². The highest BCUT2D eigenvalue weighted by atomic mass is 19.3. The Kier molecular flexibility index (Phi) is 11.7. The molecule has 194 valence electrons. The van der Waals surface area contributed by atoms with Gasteiger partial charge in [0.05, 0.1) is 12.2 Å². The van der Waals surface area contributed by atoms with Crippen molar-refractivity contribution in [2.24, 2.45) is 5.92 Å². The van der Waals surface area contributed by atoms with E-state index in [1.54, 1.807) is 15.3 Å². The lowest BCUT2D eigenvalue weighted by Crippen LogP contribution is -2.16. The average Bonchev–Trinajstić information content (AvgIpc) is 3.59. The highest BCUT2D eigenvalue weighted by Crippen LogP contribution is 2.34. The van der Waals surface area contributed by atoms with Gasteiger partial charge in [0.15, 0.2) is 6.29 Å². The Balaban J connectivity index is 0.000000296. The number of alkyl halides is 2. The number of hydrogen-bond donors (Lipinski definition) is 0. The summed E-state index contributed by atoms with van der Waals surface area (Å²) in [5, 5.41) is 8.14. The fourth-order valence-electron chi connectivity index (χ4n) is 4.21. The molecule has 0 saturated carbocycles. The van der Waals surface area contributed by atoms with Gasteiger partial charge >= 0.3 is 0 Å². The van der Waals surface area contributed by atoms with Crippen LogP contribution >= 0.6 is 0 Å². The third-order valence-corrected chi connectivity index (χ3v) is 5.89. The van der Waals surface area contributed by atoms with Gasteiger partial charge in [-0.1, -0.05) is 66.7 Å². The molecule has 0 saturated heterocycles. The molecule has 1 aliphatic heterocycles. The summed E-state index contributed by atoms with van der Waals surface area (Å²) in [4.78, 5) is 18.1. The molecule has 8 nitrogen and oxygen atoms in total. The van der Waals surface area contributed by atoms with Crippen molar-refractivity contribution in [1.29, 1.82) is 0 Å². The zero-order valence-corrected chi connectivity index (χ0v) is 21.5. The summed E-state index contributed by atoms with van der Waals surface area (Å²) >= 11 is 0. The van der Waals surface area contributed by atoms with Gasteiger partial charge in [-0.3, -0.25) is 4.79 Å². The van der Waals surface area contributed by atoms with E-state index in [0.29, 0.717) is 30.4 Å². The molecule has 35 heavy (non-hydrogen) atoms. The number of carbonyl (C=O) groups is 1. The maximum Gasteiger partial charge on any atom is 0.280 e. The molecule has 0 radical (unpaired) electrons. The number of unbranched alkanes of at least 4 members (excludes halogenated alkanes) is 2. The van der Waals surface area contributed by atoms with Crippen molar-refractivity contribution in [2.45, 2.75) is 92.0 Å². The second kappa shape index (κ2) is 14.5. The number of rotatable bonds is 10. The Morgan fingerprint density at radius 3 is 2.54 bits per heavy atom. The smallest absolute Gasteiger partial charge is 0.280 e. The zero-order valence-electron chi connectivity index (χ0n) is 21.5. The van der Waals surface area contributed by atoms with E-state index >= 15 is 0 Å². The molecule has 0 spiro atoms. The van der Waals surface area contributed by atoms with Gasteiger partial charge in [-0.25, -0.2) is 23.0 Å². The van der Waals surface area contributed by atoms with Crippen molar-refractivity contribution in [3.8, 4) is 5.88 Å². The largest absolute Gasteiger partial charge is 0.476 e. The summed E-state index contributed by atoms with van der Waals surface area (Å²) in [6, 6.07) is 3.16. The number of ether oxygens (including phenoxy) is 1. The molecule has 4 heterocycles. The van der Waals surface area contributed by atoms with Crippen molar-refractivity contribution in [3.05, 3.63) is 35.5 Å². The van der Waals surface area contributed by atoms with Crippen LogP contribution < -0.4 is 4.74 Å². The fraction of sp³-hybridized carbons (Fsp3) is 0.640. The van der Waals surface area contributed by atoms with Crippen LogP contribution in [0.5, 0.6) is 5.88 Å². The molecule has 1 aliphatic rings. The predicted molar refractivity (Wildman–Crippen MR) is 131 cm³/mol. The Morgan fingerprint density at radius 1 is 1.14 bits per heavy atom. The minimum absolute atomic E-state index is 0.200. The molecule has 4 rings (SSSR count). The molecule has 0 bridgehead atoms. The number of carbonyl (C=O) groups excluding carboxylic acids is 1. The number of fused-ring (bicyclic) bond motifs is 2. The van der Waals surface area contributed by atoms with Gasteiger partial charge in [-0.15, -0.1) is 0 Å². The Labute approximate surface area is 206 Å². The minimum atomic E-state index is -2.59. The summed E-state index contributed by atoms with van der Waals surface area (Å²) < 4.78 is 34.8. The first-order valence-corrected chi connectivity index (χ1v) is 12.6. The number of nitrogens with zero attached hydrogens (tertiary/aromatic N) is 6. The zero-order chi connectivity index (χ0) is 25.8. The van der Waals surface area contributed by atoms with E-state index in [0.717, 1.165) is 50.8 Å². The molecule has 2 atom stereocenters. The van der Waals surface area contributed by atoms with Crippen LogP contribution in [0, 0.1) is 5.92 Å². The standard InChI is InChI=1S/C17H26F2N4.C6H6N2O2.C2H6/c1-4-6-7-9-13(12(3)8-5-2)15-10-14(16(18)19)22-17-20-11-21-23(15)17;9-4-5-3-6-8(7-5)1-2-10-6;1-2/h10-13,16H,4-9H2,1-3H3;3-4H,1-2H2;1-2H3. The third-order valence-electron chi connectivity index (χ3n) is 5.89. The van der Waals surface area contributed by atoms with Gasteiger partial charge in [0.25, 0.3) is 12.2 Å². The van der Waals surface area contributed by atoms with E-state index in [4.69, 9.17) is 4.74 Å². The van der Waals surface area contributed by atoms with Gasteiger partial charge < -0.3 is 4.74 Å².